The van der Waals surface area contributed by atoms with Gasteiger partial charge in [-0.25, -0.2) is 12.7 Å². The van der Waals surface area contributed by atoms with E-state index in [1.54, 1.807) is 44.6 Å². The van der Waals surface area contributed by atoms with E-state index >= 15 is 0 Å². The summed E-state index contributed by atoms with van der Waals surface area (Å²) in [7, 11) is 0.425. The summed E-state index contributed by atoms with van der Waals surface area (Å²) >= 11 is 0. The number of sulfonamides is 1. The Kier molecular flexibility index (Phi) is 6.72. The van der Waals surface area contributed by atoms with Gasteiger partial charge in [-0.3, -0.25) is 0 Å². The minimum Gasteiger partial charge on any atom is -0.497 e. The van der Waals surface area contributed by atoms with E-state index in [9.17, 15) is 8.42 Å². The number of ether oxygens (including phenoxy) is 3. The van der Waals surface area contributed by atoms with Gasteiger partial charge in [0.15, 0.2) is 11.4 Å². The lowest BCUT2D eigenvalue weighted by Crippen LogP contribution is -2.31. The number of anilines is 1. The number of rotatable bonds is 10. The van der Waals surface area contributed by atoms with E-state index in [1.165, 1.54) is 11.4 Å². The maximum absolute atomic E-state index is 14.4. The molecule has 0 N–H and O–H groups in total. The molecule has 37 heavy (non-hydrogen) atoms. The van der Waals surface area contributed by atoms with Crippen molar-refractivity contribution in [1.29, 1.82) is 0 Å². The van der Waals surface area contributed by atoms with Crippen LogP contribution in [0.5, 0.6) is 17.2 Å². The van der Waals surface area contributed by atoms with Crippen LogP contribution in [-0.4, -0.2) is 34.9 Å². The van der Waals surface area contributed by atoms with E-state index in [2.05, 4.69) is 5.16 Å². The summed E-state index contributed by atoms with van der Waals surface area (Å²) in [6, 6.07) is 16.3. The second-order valence-electron chi connectivity index (χ2n) is 9.03. The monoisotopic (exact) mass is 522 g/mol. The maximum Gasteiger partial charge on any atom is 0.269 e. The van der Waals surface area contributed by atoms with E-state index < -0.39 is 10.0 Å². The first-order chi connectivity index (χ1) is 17.9. The van der Waals surface area contributed by atoms with Crippen molar-refractivity contribution in [1.82, 2.24) is 5.16 Å². The van der Waals surface area contributed by atoms with Crippen LogP contribution in [0.2, 0.25) is 0 Å². The molecule has 194 valence electrons. The number of aryl methyl sites for hydroxylation is 1. The zero-order valence-electron chi connectivity index (χ0n) is 21.4. The zero-order chi connectivity index (χ0) is 26.2. The highest BCUT2D eigenvalue weighted by Crippen LogP contribution is 2.46. The molecule has 1 aliphatic carbocycles. The molecular weight excluding hydrogens is 492 g/mol. The van der Waals surface area contributed by atoms with E-state index in [1.807, 2.05) is 31.2 Å². The third-order valence-electron chi connectivity index (χ3n) is 6.78. The van der Waals surface area contributed by atoms with Gasteiger partial charge in [-0.2, -0.15) is 0 Å². The summed E-state index contributed by atoms with van der Waals surface area (Å²) in [5, 5.41) is 5.02. The molecule has 1 fully saturated rings. The summed E-state index contributed by atoms with van der Waals surface area (Å²) in [6.45, 7) is 1.95. The van der Waals surface area contributed by atoms with Gasteiger partial charge in [0.2, 0.25) is 0 Å². The molecule has 1 saturated carbocycles. The summed E-state index contributed by atoms with van der Waals surface area (Å²) in [6.07, 6.45) is 2.78. The minimum absolute atomic E-state index is 0.0321. The van der Waals surface area contributed by atoms with E-state index in [4.69, 9.17) is 18.7 Å². The van der Waals surface area contributed by atoms with Gasteiger partial charge in [-0.1, -0.05) is 30.3 Å². The minimum atomic E-state index is -4.15. The van der Waals surface area contributed by atoms with Crippen molar-refractivity contribution in [2.45, 2.75) is 43.5 Å². The number of fused-ring (bicyclic) bond motifs is 1. The third kappa shape index (κ3) is 4.59. The Morgan fingerprint density at radius 1 is 0.973 bits per heavy atom. The maximum atomic E-state index is 14.4. The van der Waals surface area contributed by atoms with E-state index in [0.29, 0.717) is 40.4 Å². The molecule has 0 bridgehead atoms. The molecular formula is C28H30N2O6S. The highest BCUT2D eigenvalue weighted by Gasteiger charge is 2.35. The Morgan fingerprint density at radius 3 is 2.43 bits per heavy atom. The second-order valence-corrected chi connectivity index (χ2v) is 10.9. The normalized spacial score (nSPS) is 13.5. The first-order valence-corrected chi connectivity index (χ1v) is 13.6. The second kappa shape index (κ2) is 9.97. The van der Waals surface area contributed by atoms with Gasteiger partial charge in [-0.05, 0) is 66.6 Å². The molecule has 1 aliphatic rings. The van der Waals surface area contributed by atoms with Crippen molar-refractivity contribution in [3.8, 4) is 17.2 Å². The lowest BCUT2D eigenvalue weighted by atomic mass is 10.1. The SMILES string of the molecule is CCc1ccc(OC)c(S(=O)(=O)N(Cc2ccc(OC)cc2OC)c2noc3cccc(C4CC4)c23)c1. The van der Waals surface area contributed by atoms with Gasteiger partial charge in [0.05, 0.1) is 33.3 Å². The molecule has 0 radical (unpaired) electrons. The summed E-state index contributed by atoms with van der Waals surface area (Å²) in [4.78, 5) is 0.0712. The Balaban J connectivity index is 1.73. The van der Waals surface area contributed by atoms with Crippen LogP contribution in [0.25, 0.3) is 11.0 Å². The fourth-order valence-electron chi connectivity index (χ4n) is 4.58. The van der Waals surface area contributed by atoms with Gasteiger partial charge in [0.1, 0.15) is 22.1 Å². The highest BCUT2D eigenvalue weighted by atomic mass is 32.2. The number of hydrogen-bond donors (Lipinski definition) is 0. The van der Waals surface area contributed by atoms with E-state index in [-0.39, 0.29) is 23.0 Å². The number of benzene rings is 3. The van der Waals surface area contributed by atoms with Crippen LogP contribution in [0.15, 0.2) is 64.0 Å². The molecule has 0 aliphatic heterocycles. The highest BCUT2D eigenvalue weighted by molar-refractivity contribution is 7.93. The van der Waals surface area contributed by atoms with Crippen molar-refractivity contribution >= 4 is 26.8 Å². The van der Waals surface area contributed by atoms with Crippen LogP contribution < -0.4 is 18.5 Å². The number of aromatic nitrogens is 1. The van der Waals surface area contributed by atoms with Gasteiger partial charge in [-0.15, -0.1) is 0 Å². The quantitative estimate of drug-likeness (QED) is 0.264. The predicted octanol–water partition coefficient (Wildman–Crippen LogP) is 5.69. The molecule has 3 aromatic carbocycles. The average molecular weight is 523 g/mol. The molecule has 1 aromatic heterocycles. The smallest absolute Gasteiger partial charge is 0.269 e. The van der Waals surface area contributed by atoms with Gasteiger partial charge < -0.3 is 18.7 Å². The fourth-order valence-corrected chi connectivity index (χ4v) is 6.18. The van der Waals surface area contributed by atoms with Crippen LogP contribution in [0, 0.1) is 0 Å². The standard InChI is InChI=1S/C28H30N2O6S/c1-5-18-9-14-23(34-3)26(15-18)37(31,32)30(17-20-12-13-21(33-2)16-25(20)35-4)28-27-22(19-10-11-19)7-6-8-24(27)36-29-28/h6-9,12-16,19H,5,10-11,17H2,1-4H3. The summed E-state index contributed by atoms with van der Waals surface area (Å²) in [5.41, 5.74) is 3.13. The Labute approximate surface area is 216 Å². The number of nitrogens with zero attached hydrogens (tertiary/aromatic N) is 2. The molecule has 4 aromatic rings. The van der Waals surface area contributed by atoms with Crippen LogP contribution in [0.3, 0.4) is 0 Å². The number of hydrogen-bond acceptors (Lipinski definition) is 7. The van der Waals surface area contributed by atoms with Crippen molar-refractivity contribution in [2.24, 2.45) is 0 Å². The van der Waals surface area contributed by atoms with Crippen LogP contribution >= 0.6 is 0 Å². The Morgan fingerprint density at radius 2 is 1.76 bits per heavy atom. The van der Waals surface area contributed by atoms with Crippen molar-refractivity contribution in [3.05, 3.63) is 71.3 Å². The molecule has 8 nitrogen and oxygen atoms in total. The van der Waals surface area contributed by atoms with Gasteiger partial charge in [0.25, 0.3) is 10.0 Å². The third-order valence-corrected chi connectivity index (χ3v) is 8.54. The Bertz CT molecular complexity index is 1540. The van der Waals surface area contributed by atoms with Gasteiger partial charge >= 0.3 is 0 Å². The molecule has 0 atom stereocenters. The first-order valence-electron chi connectivity index (χ1n) is 12.2. The predicted molar refractivity (Wildman–Crippen MR) is 141 cm³/mol. The first kappa shape index (κ1) is 25.0. The van der Waals surface area contributed by atoms with Crippen LogP contribution in [0.4, 0.5) is 5.82 Å². The fraction of sp³-hybridized carbons (Fsp3) is 0.321. The summed E-state index contributed by atoms with van der Waals surface area (Å²) < 4.78 is 52.3. The topological polar surface area (TPSA) is 91.1 Å². The molecule has 0 spiro atoms. The van der Waals surface area contributed by atoms with E-state index in [0.717, 1.165) is 24.0 Å². The molecule has 0 amide bonds. The number of methoxy groups -OCH3 is 3. The largest absolute Gasteiger partial charge is 0.497 e. The lowest BCUT2D eigenvalue weighted by molar-refractivity contribution is 0.391. The molecule has 0 unspecified atom stereocenters. The van der Waals surface area contributed by atoms with Crippen molar-refractivity contribution < 1.29 is 27.2 Å². The molecule has 5 rings (SSSR count). The summed E-state index contributed by atoms with van der Waals surface area (Å²) in [5.74, 6) is 1.98. The Hall–Kier alpha value is -3.72. The lowest BCUT2D eigenvalue weighted by Gasteiger charge is -2.25. The molecule has 1 heterocycles. The van der Waals surface area contributed by atoms with Crippen LogP contribution in [-0.2, 0) is 23.0 Å². The molecule has 9 heteroatoms. The zero-order valence-corrected chi connectivity index (χ0v) is 22.2. The molecule has 0 saturated heterocycles. The van der Waals surface area contributed by atoms with Gasteiger partial charge in [0, 0.05) is 11.6 Å². The van der Waals surface area contributed by atoms with Crippen LogP contribution in [0.1, 0.15) is 42.4 Å². The average Bonchev–Trinajstić information content (AvgIpc) is 3.69. The van der Waals surface area contributed by atoms with Crippen molar-refractivity contribution in [2.75, 3.05) is 25.6 Å². The van der Waals surface area contributed by atoms with Crippen molar-refractivity contribution in [3.63, 3.8) is 0 Å².